The second-order valence-corrected chi connectivity index (χ2v) is 6.98. The third-order valence-electron chi connectivity index (χ3n) is 2.88. The van der Waals surface area contributed by atoms with E-state index in [9.17, 15) is 8.42 Å². The van der Waals surface area contributed by atoms with Gasteiger partial charge in [-0.15, -0.1) is 0 Å². The molecule has 0 radical (unpaired) electrons. The molecule has 0 aromatic rings. The van der Waals surface area contributed by atoms with Crippen LogP contribution in [0.1, 0.15) is 33.1 Å². The first kappa shape index (κ1) is 14.9. The van der Waals surface area contributed by atoms with Gasteiger partial charge in [0, 0.05) is 13.2 Å². The van der Waals surface area contributed by atoms with Gasteiger partial charge in [-0.1, -0.05) is 0 Å². The lowest BCUT2D eigenvalue weighted by molar-refractivity contribution is 0.0322. The zero-order valence-electron chi connectivity index (χ0n) is 10.7. The van der Waals surface area contributed by atoms with E-state index < -0.39 is 10.0 Å². The van der Waals surface area contributed by atoms with Crippen LogP contribution in [-0.4, -0.2) is 46.0 Å². The van der Waals surface area contributed by atoms with Crippen molar-refractivity contribution in [1.82, 2.24) is 10.0 Å². The highest BCUT2D eigenvalue weighted by Crippen LogP contribution is 2.07. The van der Waals surface area contributed by atoms with E-state index in [0.717, 1.165) is 32.4 Å². The van der Waals surface area contributed by atoms with E-state index in [1.54, 1.807) is 13.8 Å². The summed E-state index contributed by atoms with van der Waals surface area (Å²) in [6.45, 7) is 6.48. The second-order valence-electron chi connectivity index (χ2n) is 4.66. The van der Waals surface area contributed by atoms with Crippen LogP contribution < -0.4 is 10.0 Å². The topological polar surface area (TPSA) is 67.4 Å². The lowest BCUT2D eigenvalue weighted by atomic mass is 10.1. The Bertz CT molecular complexity index is 298. The van der Waals surface area contributed by atoms with Gasteiger partial charge in [-0.05, 0) is 46.2 Å². The first-order chi connectivity index (χ1) is 8.02. The maximum atomic E-state index is 11.4. The molecule has 0 aromatic carbocycles. The van der Waals surface area contributed by atoms with E-state index >= 15 is 0 Å². The van der Waals surface area contributed by atoms with Crippen molar-refractivity contribution in [3.05, 3.63) is 0 Å². The summed E-state index contributed by atoms with van der Waals surface area (Å²) in [7, 11) is -3.12. The largest absolute Gasteiger partial charge is 0.378 e. The van der Waals surface area contributed by atoms with Gasteiger partial charge in [0.15, 0.2) is 0 Å². The molecule has 17 heavy (non-hydrogen) atoms. The zero-order valence-corrected chi connectivity index (χ0v) is 11.6. The highest BCUT2D eigenvalue weighted by atomic mass is 32.2. The average Bonchev–Trinajstić information content (AvgIpc) is 2.29. The van der Waals surface area contributed by atoms with E-state index in [-0.39, 0.29) is 5.25 Å². The third kappa shape index (κ3) is 5.81. The number of rotatable bonds is 7. The molecule has 0 spiro atoms. The van der Waals surface area contributed by atoms with E-state index in [4.69, 9.17) is 4.74 Å². The summed E-state index contributed by atoms with van der Waals surface area (Å²) in [5, 5.41) is 2.91. The average molecular weight is 264 g/mol. The van der Waals surface area contributed by atoms with Crippen LogP contribution in [0.25, 0.3) is 0 Å². The van der Waals surface area contributed by atoms with Crippen molar-refractivity contribution in [2.45, 2.75) is 44.5 Å². The molecule has 0 atom stereocenters. The third-order valence-corrected chi connectivity index (χ3v) is 4.73. The number of hydrogen-bond acceptors (Lipinski definition) is 4. The van der Waals surface area contributed by atoms with Gasteiger partial charge in [-0.3, -0.25) is 0 Å². The molecule has 6 heteroatoms. The molecule has 102 valence electrons. The normalized spacial score (nSPS) is 18.8. The second kappa shape index (κ2) is 7.31. The quantitative estimate of drug-likeness (QED) is 0.656. The van der Waals surface area contributed by atoms with Crippen LogP contribution in [0, 0.1) is 0 Å². The predicted octanol–water partition coefficient (Wildman–Crippen LogP) is 0.473. The number of ether oxygens (including phenoxy) is 1. The Morgan fingerprint density at radius 3 is 2.59 bits per heavy atom. The Hall–Kier alpha value is -0.170. The Balaban J connectivity index is 2.04. The Labute approximate surface area is 104 Å². The minimum atomic E-state index is -3.12. The highest BCUT2D eigenvalue weighted by Gasteiger charge is 2.15. The molecule has 5 nitrogen and oxygen atoms in total. The minimum absolute atomic E-state index is 0.345. The summed E-state index contributed by atoms with van der Waals surface area (Å²) in [4.78, 5) is 0. The van der Waals surface area contributed by atoms with Crippen molar-refractivity contribution in [3.8, 4) is 0 Å². The molecular formula is C11H24N2O3S. The standard InChI is InChI=1S/C11H24N2O3S/c1-10(2)17(14,15)13-6-3-9-16-11-4-7-12-8-5-11/h10-13H,3-9H2,1-2H3. The zero-order chi connectivity index (χ0) is 12.7. The molecule has 0 aromatic heterocycles. The number of piperidine rings is 1. The molecule has 1 saturated heterocycles. The highest BCUT2D eigenvalue weighted by molar-refractivity contribution is 7.90. The SMILES string of the molecule is CC(C)S(=O)(=O)NCCCOC1CCNCC1. The summed E-state index contributed by atoms with van der Waals surface area (Å²) < 4.78 is 31.1. The summed E-state index contributed by atoms with van der Waals surface area (Å²) in [6, 6.07) is 0. The van der Waals surface area contributed by atoms with Crippen molar-refractivity contribution in [2.24, 2.45) is 0 Å². The van der Waals surface area contributed by atoms with Crippen LogP contribution in [0.2, 0.25) is 0 Å². The summed E-state index contributed by atoms with van der Waals surface area (Å²) in [6.07, 6.45) is 3.18. The molecule has 2 N–H and O–H groups in total. The van der Waals surface area contributed by atoms with Gasteiger partial charge in [-0.25, -0.2) is 13.1 Å². The molecule has 0 unspecified atom stereocenters. The molecular weight excluding hydrogens is 240 g/mol. The minimum Gasteiger partial charge on any atom is -0.378 e. The van der Waals surface area contributed by atoms with Crippen LogP contribution in [0.5, 0.6) is 0 Å². The molecule has 1 aliphatic heterocycles. The van der Waals surface area contributed by atoms with Gasteiger partial charge in [0.1, 0.15) is 0 Å². The number of sulfonamides is 1. The lowest BCUT2D eigenvalue weighted by Crippen LogP contribution is -2.34. The van der Waals surface area contributed by atoms with Gasteiger partial charge < -0.3 is 10.1 Å². The Morgan fingerprint density at radius 2 is 2.00 bits per heavy atom. The van der Waals surface area contributed by atoms with E-state index in [2.05, 4.69) is 10.0 Å². The maximum absolute atomic E-state index is 11.4. The number of nitrogens with one attached hydrogen (secondary N) is 2. The summed E-state index contributed by atoms with van der Waals surface area (Å²) in [5.74, 6) is 0. The van der Waals surface area contributed by atoms with Gasteiger partial charge >= 0.3 is 0 Å². The fourth-order valence-corrected chi connectivity index (χ4v) is 2.43. The Kier molecular flexibility index (Phi) is 6.40. The molecule has 1 aliphatic rings. The lowest BCUT2D eigenvalue weighted by Gasteiger charge is -2.22. The van der Waals surface area contributed by atoms with Crippen molar-refractivity contribution < 1.29 is 13.2 Å². The number of hydrogen-bond donors (Lipinski definition) is 2. The first-order valence-corrected chi connectivity index (χ1v) is 7.88. The first-order valence-electron chi connectivity index (χ1n) is 6.33. The fraction of sp³-hybridized carbons (Fsp3) is 1.00. The van der Waals surface area contributed by atoms with Crippen LogP contribution in [-0.2, 0) is 14.8 Å². The molecule has 0 saturated carbocycles. The van der Waals surface area contributed by atoms with E-state index in [1.807, 2.05) is 0 Å². The molecule has 0 bridgehead atoms. The van der Waals surface area contributed by atoms with Crippen LogP contribution in [0.15, 0.2) is 0 Å². The van der Waals surface area contributed by atoms with Crippen molar-refractivity contribution in [1.29, 1.82) is 0 Å². The molecule has 0 aliphatic carbocycles. The predicted molar refractivity (Wildman–Crippen MR) is 68.5 cm³/mol. The smallest absolute Gasteiger partial charge is 0.213 e. The van der Waals surface area contributed by atoms with Crippen LogP contribution in [0.3, 0.4) is 0 Å². The van der Waals surface area contributed by atoms with E-state index in [1.165, 1.54) is 0 Å². The van der Waals surface area contributed by atoms with Crippen LogP contribution in [0.4, 0.5) is 0 Å². The molecule has 0 amide bonds. The van der Waals surface area contributed by atoms with Crippen molar-refractivity contribution in [2.75, 3.05) is 26.2 Å². The summed E-state index contributed by atoms with van der Waals surface area (Å²) >= 11 is 0. The molecule has 1 heterocycles. The monoisotopic (exact) mass is 264 g/mol. The van der Waals surface area contributed by atoms with Gasteiger partial charge in [0.2, 0.25) is 10.0 Å². The van der Waals surface area contributed by atoms with Crippen LogP contribution >= 0.6 is 0 Å². The molecule has 1 fully saturated rings. The molecule has 1 rings (SSSR count). The Morgan fingerprint density at radius 1 is 1.35 bits per heavy atom. The maximum Gasteiger partial charge on any atom is 0.213 e. The van der Waals surface area contributed by atoms with Crippen molar-refractivity contribution >= 4 is 10.0 Å². The van der Waals surface area contributed by atoms with E-state index in [0.29, 0.717) is 19.3 Å². The van der Waals surface area contributed by atoms with Crippen molar-refractivity contribution in [3.63, 3.8) is 0 Å². The van der Waals surface area contributed by atoms with Gasteiger partial charge in [0.05, 0.1) is 11.4 Å². The fourth-order valence-electron chi connectivity index (χ4n) is 1.67. The summed E-state index contributed by atoms with van der Waals surface area (Å²) in [5.41, 5.74) is 0. The van der Waals surface area contributed by atoms with Gasteiger partial charge in [0.25, 0.3) is 0 Å². The van der Waals surface area contributed by atoms with Gasteiger partial charge in [-0.2, -0.15) is 0 Å².